The van der Waals surface area contributed by atoms with Crippen molar-refractivity contribution in [1.29, 1.82) is 0 Å². The van der Waals surface area contributed by atoms with E-state index >= 15 is 0 Å². The zero-order valence-corrected chi connectivity index (χ0v) is 8.59. The number of nitrogens with one attached hydrogen (secondary N) is 1. The second kappa shape index (κ2) is 4.72. The molecule has 2 amide bonds. The molecule has 0 saturated carbocycles. The molecule has 1 rings (SSSR count). The average Bonchev–Trinajstić information content (AvgIpc) is 2.15. The van der Waals surface area contributed by atoms with Crippen molar-refractivity contribution in [2.75, 3.05) is 0 Å². The fourth-order valence-corrected chi connectivity index (χ4v) is 1.29. The molecule has 0 saturated heterocycles. The standard InChI is InChI=1S/C9H11N2O2P/c10-9(13)8(11-5-12)6-1-3-7(14)4-2-6/h1-5,8H,14H2,(H2,10,13)(H,11,12). The Labute approximate surface area is 84.1 Å². The van der Waals surface area contributed by atoms with E-state index in [0.717, 1.165) is 5.30 Å². The van der Waals surface area contributed by atoms with Gasteiger partial charge in [0.25, 0.3) is 0 Å². The molecule has 74 valence electrons. The van der Waals surface area contributed by atoms with E-state index < -0.39 is 11.9 Å². The highest BCUT2D eigenvalue weighted by Crippen LogP contribution is 2.10. The number of hydrogen-bond donors (Lipinski definition) is 2. The Morgan fingerprint density at radius 3 is 2.43 bits per heavy atom. The molecule has 2 atom stereocenters. The van der Waals surface area contributed by atoms with E-state index in [-0.39, 0.29) is 0 Å². The van der Waals surface area contributed by atoms with Gasteiger partial charge < -0.3 is 11.1 Å². The van der Waals surface area contributed by atoms with Gasteiger partial charge in [-0.05, 0) is 10.9 Å². The molecule has 14 heavy (non-hydrogen) atoms. The van der Waals surface area contributed by atoms with Crippen LogP contribution in [-0.4, -0.2) is 12.3 Å². The van der Waals surface area contributed by atoms with Gasteiger partial charge in [0, 0.05) is 0 Å². The Balaban J connectivity index is 2.93. The van der Waals surface area contributed by atoms with Gasteiger partial charge in [-0.15, -0.1) is 9.24 Å². The molecule has 1 aromatic carbocycles. The van der Waals surface area contributed by atoms with Crippen LogP contribution in [0.1, 0.15) is 11.6 Å². The summed E-state index contributed by atoms with van der Waals surface area (Å²) in [5.41, 5.74) is 5.80. The minimum Gasteiger partial charge on any atom is -0.368 e. The summed E-state index contributed by atoms with van der Waals surface area (Å²) in [7, 11) is 2.53. The molecule has 0 fully saturated rings. The van der Waals surface area contributed by atoms with Crippen molar-refractivity contribution in [3.63, 3.8) is 0 Å². The fraction of sp³-hybridized carbons (Fsp3) is 0.111. The topological polar surface area (TPSA) is 72.2 Å². The van der Waals surface area contributed by atoms with Gasteiger partial charge in [-0.2, -0.15) is 0 Å². The van der Waals surface area contributed by atoms with Crippen molar-refractivity contribution >= 4 is 26.9 Å². The van der Waals surface area contributed by atoms with Crippen LogP contribution in [0.5, 0.6) is 0 Å². The third-order valence-electron chi connectivity index (χ3n) is 1.79. The SMILES string of the molecule is NC(=O)C(NC=O)c1ccc(P)cc1. The number of rotatable bonds is 4. The van der Waals surface area contributed by atoms with Gasteiger partial charge in [0.1, 0.15) is 6.04 Å². The monoisotopic (exact) mass is 210 g/mol. The largest absolute Gasteiger partial charge is 0.368 e. The smallest absolute Gasteiger partial charge is 0.244 e. The maximum Gasteiger partial charge on any atom is 0.244 e. The highest BCUT2D eigenvalue weighted by atomic mass is 31.0. The van der Waals surface area contributed by atoms with Gasteiger partial charge in [-0.3, -0.25) is 9.59 Å². The number of carbonyl (C=O) groups excluding carboxylic acids is 2. The Morgan fingerprint density at radius 2 is 2.00 bits per heavy atom. The summed E-state index contributed by atoms with van der Waals surface area (Å²) < 4.78 is 0. The highest BCUT2D eigenvalue weighted by Gasteiger charge is 2.15. The van der Waals surface area contributed by atoms with E-state index in [4.69, 9.17) is 5.73 Å². The first-order chi connectivity index (χ1) is 6.65. The van der Waals surface area contributed by atoms with Crippen molar-refractivity contribution in [3.8, 4) is 0 Å². The summed E-state index contributed by atoms with van der Waals surface area (Å²) in [5.74, 6) is -0.575. The van der Waals surface area contributed by atoms with Gasteiger partial charge in [0.2, 0.25) is 12.3 Å². The lowest BCUT2D eigenvalue weighted by molar-refractivity contribution is -0.122. The lowest BCUT2D eigenvalue weighted by atomic mass is 10.1. The molecule has 0 spiro atoms. The summed E-state index contributed by atoms with van der Waals surface area (Å²) in [6, 6.07) is 6.38. The molecule has 3 N–H and O–H groups in total. The lowest BCUT2D eigenvalue weighted by Crippen LogP contribution is -2.32. The third-order valence-corrected chi connectivity index (χ3v) is 2.17. The van der Waals surface area contributed by atoms with Crippen LogP contribution >= 0.6 is 9.24 Å². The molecule has 4 nitrogen and oxygen atoms in total. The maximum atomic E-state index is 11.0. The van der Waals surface area contributed by atoms with Gasteiger partial charge in [-0.1, -0.05) is 24.3 Å². The van der Waals surface area contributed by atoms with E-state index in [1.807, 2.05) is 12.1 Å². The number of carbonyl (C=O) groups is 2. The van der Waals surface area contributed by atoms with E-state index in [1.54, 1.807) is 12.1 Å². The van der Waals surface area contributed by atoms with Crippen LogP contribution in [-0.2, 0) is 9.59 Å². The van der Waals surface area contributed by atoms with Crippen LogP contribution in [0.3, 0.4) is 0 Å². The predicted octanol–water partition coefficient (Wildman–Crippen LogP) is -0.541. The molecule has 0 aromatic heterocycles. The number of nitrogens with two attached hydrogens (primary N) is 1. The van der Waals surface area contributed by atoms with E-state index in [0.29, 0.717) is 12.0 Å². The van der Waals surface area contributed by atoms with Gasteiger partial charge in [0.05, 0.1) is 0 Å². The quantitative estimate of drug-likeness (QED) is 0.517. The first-order valence-electron chi connectivity index (χ1n) is 3.99. The summed E-state index contributed by atoms with van der Waals surface area (Å²) in [5, 5.41) is 3.36. The van der Waals surface area contributed by atoms with E-state index in [1.165, 1.54) is 0 Å². The summed E-state index contributed by atoms with van der Waals surface area (Å²) >= 11 is 0. The molecule has 0 aliphatic carbocycles. The van der Waals surface area contributed by atoms with Crippen LogP contribution in [0.2, 0.25) is 0 Å². The van der Waals surface area contributed by atoms with Crippen LogP contribution in [0.15, 0.2) is 24.3 Å². The van der Waals surface area contributed by atoms with Crippen LogP contribution in [0.4, 0.5) is 0 Å². The first kappa shape index (κ1) is 10.7. The highest BCUT2D eigenvalue weighted by molar-refractivity contribution is 7.27. The molecule has 0 heterocycles. The van der Waals surface area contributed by atoms with Crippen molar-refractivity contribution in [1.82, 2.24) is 5.32 Å². The average molecular weight is 210 g/mol. The fourth-order valence-electron chi connectivity index (χ4n) is 1.10. The summed E-state index contributed by atoms with van der Waals surface area (Å²) in [6.45, 7) is 0. The van der Waals surface area contributed by atoms with Gasteiger partial charge in [-0.25, -0.2) is 0 Å². The van der Waals surface area contributed by atoms with Crippen LogP contribution in [0, 0.1) is 0 Å². The number of primary amides is 1. The normalized spacial score (nSPS) is 11.8. The molecular formula is C9H11N2O2P. The van der Waals surface area contributed by atoms with Crippen molar-refractivity contribution in [2.24, 2.45) is 5.73 Å². The number of hydrogen-bond acceptors (Lipinski definition) is 2. The molecule has 2 unspecified atom stereocenters. The van der Waals surface area contributed by atoms with Gasteiger partial charge >= 0.3 is 0 Å². The molecule has 0 radical (unpaired) electrons. The van der Waals surface area contributed by atoms with Crippen molar-refractivity contribution in [2.45, 2.75) is 6.04 Å². The first-order valence-corrected chi connectivity index (χ1v) is 4.57. The Bertz CT molecular complexity index is 337. The molecule has 0 aliphatic heterocycles. The van der Waals surface area contributed by atoms with E-state index in [9.17, 15) is 9.59 Å². The molecule has 0 aliphatic rings. The zero-order chi connectivity index (χ0) is 10.6. The van der Waals surface area contributed by atoms with Gasteiger partial charge in [0.15, 0.2) is 0 Å². The maximum absolute atomic E-state index is 11.0. The predicted molar refractivity (Wildman–Crippen MR) is 56.9 cm³/mol. The van der Waals surface area contributed by atoms with Crippen LogP contribution in [0.25, 0.3) is 0 Å². The Morgan fingerprint density at radius 1 is 1.43 bits per heavy atom. The summed E-state index contributed by atoms with van der Waals surface area (Å²) in [6.07, 6.45) is 0.462. The molecule has 0 bridgehead atoms. The summed E-state index contributed by atoms with van der Waals surface area (Å²) in [4.78, 5) is 21.2. The third kappa shape index (κ3) is 2.54. The second-order valence-electron chi connectivity index (χ2n) is 2.79. The van der Waals surface area contributed by atoms with Crippen LogP contribution < -0.4 is 16.4 Å². The number of amides is 2. The minimum absolute atomic E-state index is 0.462. The Hall–Kier alpha value is -1.41. The minimum atomic E-state index is -0.752. The molecule has 1 aromatic rings. The molecular weight excluding hydrogens is 199 g/mol. The van der Waals surface area contributed by atoms with E-state index in [2.05, 4.69) is 14.6 Å². The Kier molecular flexibility index (Phi) is 3.60. The second-order valence-corrected chi connectivity index (χ2v) is 3.45. The van der Waals surface area contributed by atoms with Crippen molar-refractivity contribution < 1.29 is 9.59 Å². The number of benzene rings is 1. The zero-order valence-electron chi connectivity index (χ0n) is 7.44. The van der Waals surface area contributed by atoms with Crippen molar-refractivity contribution in [3.05, 3.63) is 29.8 Å². The molecule has 5 heteroatoms. The lowest BCUT2D eigenvalue weighted by Gasteiger charge is -2.12.